The van der Waals surface area contributed by atoms with Crippen molar-refractivity contribution in [2.24, 2.45) is 11.8 Å². The molecular formula is C40H38Cl2N2O4. The Kier molecular flexibility index (Phi) is 8.16. The lowest BCUT2D eigenvalue weighted by atomic mass is 9.54. The molecule has 4 aliphatic rings. The summed E-state index contributed by atoms with van der Waals surface area (Å²) < 4.78 is 5.97. The second-order valence-electron chi connectivity index (χ2n) is 14.1. The van der Waals surface area contributed by atoms with E-state index in [4.69, 9.17) is 27.9 Å². The molecule has 1 fully saturated rings. The van der Waals surface area contributed by atoms with E-state index in [9.17, 15) is 14.4 Å². The van der Waals surface area contributed by atoms with E-state index >= 15 is 0 Å². The van der Waals surface area contributed by atoms with Gasteiger partial charge in [0.2, 0.25) is 17.7 Å². The summed E-state index contributed by atoms with van der Waals surface area (Å²) in [5.41, 5.74) is 5.18. The zero-order valence-corrected chi connectivity index (χ0v) is 28.8. The number of alkyl halides is 2. The maximum atomic E-state index is 13.9. The molecule has 1 saturated heterocycles. The van der Waals surface area contributed by atoms with Gasteiger partial charge in [-0.05, 0) is 82.5 Å². The number of carbonyl (C=O) groups is 3. The van der Waals surface area contributed by atoms with Crippen molar-refractivity contribution in [3.8, 4) is 11.5 Å². The Labute approximate surface area is 291 Å². The monoisotopic (exact) mass is 680 g/mol. The summed E-state index contributed by atoms with van der Waals surface area (Å²) >= 11 is 15.0. The third kappa shape index (κ3) is 5.21. The minimum atomic E-state index is -1.17. The Morgan fingerprint density at radius 2 is 1.17 bits per heavy atom. The van der Waals surface area contributed by atoms with Crippen LogP contribution in [0.3, 0.4) is 0 Å². The minimum Gasteiger partial charge on any atom is -0.457 e. The van der Waals surface area contributed by atoms with Crippen LogP contribution in [-0.2, 0) is 29.5 Å². The van der Waals surface area contributed by atoms with Crippen LogP contribution in [0.1, 0.15) is 74.3 Å². The van der Waals surface area contributed by atoms with Gasteiger partial charge in [-0.2, -0.15) is 0 Å². The highest BCUT2D eigenvalue weighted by Crippen LogP contribution is 2.69. The number of carbonyl (C=O) groups excluding carboxylic acids is 3. The van der Waals surface area contributed by atoms with Crippen LogP contribution in [0.4, 0.5) is 5.69 Å². The first kappa shape index (κ1) is 32.4. The molecule has 0 saturated carbocycles. The number of hydrogen-bond donors (Lipinski definition) is 1. The number of nitrogens with one attached hydrogen (secondary N) is 1. The summed E-state index contributed by atoms with van der Waals surface area (Å²) in [5.74, 6) is -0.787. The molecule has 246 valence electrons. The van der Waals surface area contributed by atoms with Crippen LogP contribution in [0.25, 0.3) is 0 Å². The number of halogens is 2. The van der Waals surface area contributed by atoms with Crippen molar-refractivity contribution in [3.63, 3.8) is 0 Å². The average Bonchev–Trinajstić information content (AvgIpc) is 3.34. The lowest BCUT2D eigenvalue weighted by molar-refractivity contribution is -0.140. The molecule has 2 atom stereocenters. The number of rotatable bonds is 9. The van der Waals surface area contributed by atoms with Crippen LogP contribution in [0.5, 0.6) is 11.5 Å². The maximum Gasteiger partial charge on any atom is 0.235 e. The number of benzene rings is 4. The summed E-state index contributed by atoms with van der Waals surface area (Å²) in [6, 6.07) is 30.6. The zero-order valence-electron chi connectivity index (χ0n) is 27.3. The van der Waals surface area contributed by atoms with Crippen LogP contribution in [0.2, 0.25) is 0 Å². The van der Waals surface area contributed by atoms with Crippen molar-refractivity contribution in [1.82, 2.24) is 4.90 Å². The number of anilines is 1. The number of nitrogens with zero attached hydrogens (tertiary/aromatic N) is 1. The summed E-state index contributed by atoms with van der Waals surface area (Å²) in [6.07, 6.45) is 2.21. The molecule has 4 aromatic rings. The van der Waals surface area contributed by atoms with Crippen molar-refractivity contribution >= 4 is 46.6 Å². The SMILES string of the molecule is CC(C)(C)c1ccc(Oc2ccc(NC(=O)CCCCCN3C(=O)[C@@H]4[C@@H](C3=O)C3(Cl)c5ccccc5C4(Cl)c4ccccc43)cc2)cc1. The largest absolute Gasteiger partial charge is 0.457 e. The Hall–Kier alpha value is -4.13. The molecule has 3 amide bonds. The molecule has 0 unspecified atom stereocenters. The molecule has 8 heteroatoms. The van der Waals surface area contributed by atoms with E-state index in [0.717, 1.165) is 28.0 Å². The topological polar surface area (TPSA) is 75.7 Å². The van der Waals surface area contributed by atoms with Gasteiger partial charge in [-0.15, -0.1) is 23.2 Å². The summed E-state index contributed by atoms with van der Waals surface area (Å²) in [4.78, 5) is 39.6. The van der Waals surface area contributed by atoms with Crippen molar-refractivity contribution in [2.45, 2.75) is 61.6 Å². The van der Waals surface area contributed by atoms with E-state index in [0.29, 0.717) is 37.1 Å². The van der Waals surface area contributed by atoms with Crippen molar-refractivity contribution in [2.75, 3.05) is 11.9 Å². The van der Waals surface area contributed by atoms with Gasteiger partial charge in [0.1, 0.15) is 21.2 Å². The second-order valence-corrected chi connectivity index (χ2v) is 15.3. The molecule has 1 aliphatic heterocycles. The van der Waals surface area contributed by atoms with Crippen molar-refractivity contribution in [1.29, 1.82) is 0 Å². The van der Waals surface area contributed by atoms with Crippen LogP contribution in [0.15, 0.2) is 97.1 Å². The molecule has 0 spiro atoms. The quantitative estimate of drug-likeness (QED) is 0.109. The van der Waals surface area contributed by atoms with E-state index < -0.39 is 21.6 Å². The first-order chi connectivity index (χ1) is 22.9. The fourth-order valence-electron chi connectivity index (χ4n) is 7.67. The number of amides is 3. The van der Waals surface area contributed by atoms with Crippen molar-refractivity contribution in [3.05, 3.63) is 125 Å². The summed E-state index contributed by atoms with van der Waals surface area (Å²) in [7, 11) is 0. The highest BCUT2D eigenvalue weighted by atomic mass is 35.5. The molecule has 0 aromatic heterocycles. The predicted molar refractivity (Wildman–Crippen MR) is 189 cm³/mol. The molecule has 0 radical (unpaired) electrons. The third-order valence-electron chi connectivity index (χ3n) is 10.1. The number of likely N-dealkylation sites (tertiary alicyclic amines) is 1. The molecular weight excluding hydrogens is 643 g/mol. The molecule has 4 aromatic carbocycles. The predicted octanol–water partition coefficient (Wildman–Crippen LogP) is 8.87. The van der Waals surface area contributed by atoms with Crippen molar-refractivity contribution < 1.29 is 19.1 Å². The van der Waals surface area contributed by atoms with E-state index in [1.807, 2.05) is 84.9 Å². The number of ether oxygens (including phenoxy) is 1. The van der Waals surface area contributed by atoms with Crippen LogP contribution in [0, 0.1) is 11.8 Å². The van der Waals surface area contributed by atoms with Gasteiger partial charge in [0.05, 0.1) is 11.8 Å². The minimum absolute atomic E-state index is 0.0762. The fourth-order valence-corrected chi connectivity index (χ4v) is 8.76. The first-order valence-electron chi connectivity index (χ1n) is 16.6. The third-order valence-corrected chi connectivity index (χ3v) is 11.3. The van der Waals surface area contributed by atoms with Crippen LogP contribution in [-0.4, -0.2) is 29.2 Å². The number of hydrogen-bond acceptors (Lipinski definition) is 4. The van der Waals surface area contributed by atoms with Crippen LogP contribution >= 0.6 is 23.2 Å². The van der Waals surface area contributed by atoms with Gasteiger partial charge < -0.3 is 10.1 Å². The lowest BCUT2D eigenvalue weighted by Gasteiger charge is -2.54. The van der Waals surface area contributed by atoms with Gasteiger partial charge in [0.15, 0.2) is 0 Å². The smallest absolute Gasteiger partial charge is 0.235 e. The Morgan fingerprint density at radius 1 is 0.708 bits per heavy atom. The highest BCUT2D eigenvalue weighted by Gasteiger charge is 2.72. The number of unbranched alkanes of at least 4 members (excludes halogenated alkanes) is 2. The Bertz CT molecular complexity index is 1780. The maximum absolute atomic E-state index is 13.9. The zero-order chi connectivity index (χ0) is 33.8. The molecule has 2 bridgehead atoms. The molecule has 1 N–H and O–H groups in total. The first-order valence-corrected chi connectivity index (χ1v) is 17.3. The Morgan fingerprint density at radius 3 is 1.62 bits per heavy atom. The summed E-state index contributed by atoms with van der Waals surface area (Å²) in [6.45, 7) is 6.78. The summed E-state index contributed by atoms with van der Waals surface area (Å²) in [5, 5.41) is 2.94. The molecule has 3 aliphatic carbocycles. The van der Waals surface area contributed by atoms with E-state index in [-0.39, 0.29) is 29.7 Å². The molecule has 1 heterocycles. The van der Waals surface area contributed by atoms with Gasteiger partial charge in [-0.25, -0.2) is 0 Å². The van der Waals surface area contributed by atoms with Crippen LogP contribution < -0.4 is 10.1 Å². The molecule has 8 rings (SSSR count). The van der Waals surface area contributed by atoms with E-state index in [2.05, 4.69) is 38.2 Å². The highest BCUT2D eigenvalue weighted by molar-refractivity contribution is 6.36. The standard InChI is InChI=1S/C40H38Cl2N2O4/c1-38(2,3)25-16-20-27(21-17-25)48-28-22-18-26(19-23-28)43-33(45)15-5-4-10-24-44-36(46)34-35(37(44)47)40(42)30-12-7-6-11-29(30)39(34,41)31-13-8-9-14-32(31)40/h6-9,11-14,16-23,34-35H,4-5,10,15,24H2,1-3H3,(H,43,45)/t34-,35-,39?,40?/m0/s1. The van der Waals surface area contributed by atoms with Gasteiger partial charge in [0, 0.05) is 18.7 Å². The van der Waals surface area contributed by atoms with Gasteiger partial charge in [-0.1, -0.05) is 87.9 Å². The molecule has 48 heavy (non-hydrogen) atoms. The normalized spacial score (nSPS) is 23.8. The number of imide groups is 1. The molecule has 6 nitrogen and oxygen atoms in total. The second kappa shape index (κ2) is 12.1. The Balaban J connectivity index is 0.926. The van der Waals surface area contributed by atoms with E-state index in [1.54, 1.807) is 0 Å². The van der Waals surface area contributed by atoms with E-state index in [1.165, 1.54) is 10.5 Å². The lowest BCUT2D eigenvalue weighted by Crippen LogP contribution is -2.57. The fraction of sp³-hybridized carbons (Fsp3) is 0.325. The van der Waals surface area contributed by atoms with Gasteiger partial charge in [0.25, 0.3) is 0 Å². The van der Waals surface area contributed by atoms with Gasteiger partial charge in [-0.3, -0.25) is 19.3 Å². The average molecular weight is 682 g/mol. The van der Waals surface area contributed by atoms with Gasteiger partial charge >= 0.3 is 0 Å².